The summed E-state index contributed by atoms with van der Waals surface area (Å²) in [5.74, 6) is -0.833. The minimum absolute atomic E-state index is 0.189. The lowest BCUT2D eigenvalue weighted by molar-refractivity contribution is -0.335. The number of aromatic nitrogens is 3. The quantitative estimate of drug-likeness (QED) is 0.129. The number of hydrogen-bond acceptors (Lipinski definition) is 15. The molecule has 10 unspecified atom stereocenters. The molecule has 19 nitrogen and oxygen atoms in total. The molecule has 2 aromatic heterocycles. The summed E-state index contributed by atoms with van der Waals surface area (Å²) in [5, 5.41) is 74.2. The van der Waals surface area contributed by atoms with Gasteiger partial charge in [-0.25, -0.2) is 14.8 Å². The first-order valence-electron chi connectivity index (χ1n) is 15.3. The number of hydrogen-bond donors (Lipinski definition) is 10. The normalized spacial score (nSPS) is 36.0. The number of aliphatic hydroxyl groups excluding tert-OH is 6. The van der Waals surface area contributed by atoms with E-state index >= 15 is 0 Å². The number of rotatable bonds is 8. The van der Waals surface area contributed by atoms with Gasteiger partial charge >= 0.3 is 6.03 Å². The van der Waals surface area contributed by atoms with Crippen LogP contribution in [0.2, 0.25) is 0 Å². The molecule has 47 heavy (non-hydrogen) atoms. The fourth-order valence-electron chi connectivity index (χ4n) is 6.19. The zero-order valence-corrected chi connectivity index (χ0v) is 25.7. The van der Waals surface area contributed by atoms with Gasteiger partial charge in [-0.1, -0.05) is 0 Å². The van der Waals surface area contributed by atoms with Gasteiger partial charge in [-0.3, -0.25) is 14.2 Å². The van der Waals surface area contributed by atoms with Crippen LogP contribution in [0.3, 0.4) is 0 Å². The molecule has 3 fully saturated rings. The summed E-state index contributed by atoms with van der Waals surface area (Å²) in [6, 6.07) is -0.564. The molecule has 19 heteroatoms. The van der Waals surface area contributed by atoms with Gasteiger partial charge in [0.15, 0.2) is 24.3 Å². The van der Waals surface area contributed by atoms with Crippen LogP contribution in [0.4, 0.5) is 10.6 Å². The van der Waals surface area contributed by atoms with Gasteiger partial charge in [-0.05, 0) is 31.7 Å². The summed E-state index contributed by atoms with van der Waals surface area (Å²) in [4.78, 5) is 46.3. The Morgan fingerprint density at radius 1 is 0.936 bits per heavy atom. The van der Waals surface area contributed by atoms with Crippen LogP contribution >= 0.6 is 0 Å². The molecule has 4 heterocycles. The summed E-state index contributed by atoms with van der Waals surface area (Å²) in [7, 11) is 1.72. The van der Waals surface area contributed by atoms with Crippen LogP contribution in [0.15, 0.2) is 18.6 Å². The van der Waals surface area contributed by atoms with Crippen LogP contribution < -0.4 is 21.3 Å². The van der Waals surface area contributed by atoms with Gasteiger partial charge in [-0.2, -0.15) is 0 Å². The number of amides is 3. The van der Waals surface area contributed by atoms with Gasteiger partial charge in [0.1, 0.15) is 54.8 Å². The van der Waals surface area contributed by atoms with Crippen molar-refractivity contribution in [3.8, 4) is 0 Å². The van der Waals surface area contributed by atoms with Crippen molar-refractivity contribution in [1.82, 2.24) is 30.5 Å². The first-order valence-corrected chi connectivity index (χ1v) is 15.3. The van der Waals surface area contributed by atoms with Crippen LogP contribution in [0.5, 0.6) is 0 Å². The predicted molar refractivity (Wildman–Crippen MR) is 158 cm³/mol. The molecule has 10 N–H and O–H groups in total. The molecule has 1 aliphatic carbocycles. The van der Waals surface area contributed by atoms with E-state index in [0.29, 0.717) is 42.5 Å². The second-order valence-corrected chi connectivity index (χ2v) is 11.9. The fourth-order valence-corrected chi connectivity index (χ4v) is 6.19. The fraction of sp³-hybridized carbons (Fsp3) is 0.679. The molecule has 1 saturated carbocycles. The summed E-state index contributed by atoms with van der Waals surface area (Å²) in [6.45, 7) is 0.411. The number of nitrogens with zero attached hydrogens (tertiary/aromatic N) is 3. The van der Waals surface area contributed by atoms with Crippen molar-refractivity contribution in [2.24, 2.45) is 0 Å². The van der Waals surface area contributed by atoms with Crippen LogP contribution in [0, 0.1) is 0 Å². The summed E-state index contributed by atoms with van der Waals surface area (Å²) in [6.07, 6.45) is -10.5. The highest BCUT2D eigenvalue weighted by Crippen LogP contribution is 2.29. The van der Waals surface area contributed by atoms with Gasteiger partial charge in [-0.15, -0.1) is 0 Å². The smallest absolute Gasteiger partial charge is 0.327 e. The van der Waals surface area contributed by atoms with Crippen molar-refractivity contribution in [3.05, 3.63) is 18.6 Å². The molecule has 0 spiro atoms. The Morgan fingerprint density at radius 3 is 2.26 bits per heavy atom. The lowest BCUT2D eigenvalue weighted by atomic mass is 9.90. The van der Waals surface area contributed by atoms with Gasteiger partial charge in [0.05, 0.1) is 12.0 Å². The van der Waals surface area contributed by atoms with Crippen molar-refractivity contribution in [2.45, 2.75) is 106 Å². The van der Waals surface area contributed by atoms with E-state index < -0.39 is 79.8 Å². The lowest BCUT2D eigenvalue weighted by Gasteiger charge is -2.46. The van der Waals surface area contributed by atoms with E-state index in [1.807, 2.05) is 0 Å². The number of nitrogens with one attached hydrogen (secondary N) is 4. The minimum atomic E-state index is -1.91. The number of carbonyl (C=O) groups is 3. The van der Waals surface area contributed by atoms with Crippen molar-refractivity contribution in [3.63, 3.8) is 0 Å². The number of aliphatic hydroxyl groups is 6. The Bertz CT molecular complexity index is 1420. The second-order valence-electron chi connectivity index (χ2n) is 11.9. The Hall–Kier alpha value is -3.53. The monoisotopic (exact) mass is 667 g/mol. The van der Waals surface area contributed by atoms with Gasteiger partial charge in [0.25, 0.3) is 5.91 Å². The third kappa shape index (κ3) is 7.32. The largest absolute Gasteiger partial charge is 0.394 e. The highest BCUT2D eigenvalue weighted by atomic mass is 16.7. The topological polar surface area (TPSA) is 279 Å². The van der Waals surface area contributed by atoms with E-state index in [-0.39, 0.29) is 18.1 Å². The SMILES string of the molecule is CNc1ncnc2c1ccn2C(=O)NC1CCC(NC(=O)C2OC(OC3C(O)C(CO)OC(O)C3NC(C)=O)C(O)C(O)C2O)CC1. The van der Waals surface area contributed by atoms with Crippen LogP contribution in [-0.4, -0.2) is 150 Å². The highest BCUT2D eigenvalue weighted by Gasteiger charge is 2.52. The van der Waals surface area contributed by atoms with Crippen LogP contribution in [0.1, 0.15) is 32.6 Å². The zero-order chi connectivity index (χ0) is 34.0. The highest BCUT2D eigenvalue weighted by molar-refractivity contribution is 5.94. The maximum Gasteiger partial charge on any atom is 0.327 e. The number of carbonyl (C=O) groups excluding carboxylic acids is 3. The van der Waals surface area contributed by atoms with Crippen molar-refractivity contribution in [1.29, 1.82) is 0 Å². The van der Waals surface area contributed by atoms with Crippen molar-refractivity contribution >= 4 is 34.7 Å². The number of anilines is 1. The first kappa shape index (κ1) is 34.8. The van der Waals surface area contributed by atoms with E-state index in [1.165, 1.54) is 10.9 Å². The molecule has 3 aliphatic rings. The molecule has 2 saturated heterocycles. The molecule has 260 valence electrons. The maximum absolute atomic E-state index is 13.2. The number of fused-ring (bicyclic) bond motifs is 1. The Balaban J connectivity index is 1.18. The molecule has 0 bridgehead atoms. The average Bonchev–Trinajstić information content (AvgIpc) is 3.49. The maximum atomic E-state index is 13.2. The third-order valence-electron chi connectivity index (χ3n) is 8.70. The predicted octanol–water partition coefficient (Wildman–Crippen LogP) is -3.77. The molecule has 0 aromatic carbocycles. The van der Waals surface area contributed by atoms with E-state index in [4.69, 9.17) is 14.2 Å². The molecule has 0 radical (unpaired) electrons. The molecular weight excluding hydrogens is 626 g/mol. The van der Waals surface area contributed by atoms with Crippen molar-refractivity contribution in [2.75, 3.05) is 19.0 Å². The van der Waals surface area contributed by atoms with Crippen molar-refractivity contribution < 1.29 is 59.2 Å². The summed E-state index contributed by atoms with van der Waals surface area (Å²) in [5.41, 5.74) is 0.449. The molecule has 2 aliphatic heterocycles. The molecular formula is C28H41N7O12. The Kier molecular flexibility index (Phi) is 10.9. The second kappa shape index (κ2) is 14.7. The van der Waals surface area contributed by atoms with Crippen LogP contribution in [0.25, 0.3) is 11.0 Å². The molecule has 5 rings (SSSR count). The first-order chi connectivity index (χ1) is 22.4. The summed E-state index contributed by atoms with van der Waals surface area (Å²) < 4.78 is 17.8. The van der Waals surface area contributed by atoms with E-state index in [2.05, 4.69) is 31.2 Å². The average molecular weight is 668 g/mol. The van der Waals surface area contributed by atoms with Crippen LogP contribution in [-0.2, 0) is 23.8 Å². The van der Waals surface area contributed by atoms with Gasteiger partial charge in [0.2, 0.25) is 5.91 Å². The Morgan fingerprint density at radius 2 is 1.62 bits per heavy atom. The third-order valence-corrected chi connectivity index (χ3v) is 8.70. The van der Waals surface area contributed by atoms with Gasteiger partial charge < -0.3 is 66.1 Å². The standard InChI is InChI=1S/C28H41N7O12/c1-11(37)32-16-21(17(38)15(9-36)45-26(16)43)46-27-20(41)18(39)19(40)22(47-27)25(42)33-12-3-5-13(6-4-12)34-28(44)35-8-7-14-23(29-2)30-10-31-24(14)35/h7-8,10,12-13,15-22,26-27,36,38-41,43H,3-6,9H2,1-2H3,(H,32,37)(H,33,42)(H,34,44)(H,29,30,31). The minimum Gasteiger partial charge on any atom is -0.394 e. The summed E-state index contributed by atoms with van der Waals surface area (Å²) >= 11 is 0. The van der Waals surface area contributed by atoms with E-state index in [9.17, 15) is 45.0 Å². The van der Waals surface area contributed by atoms with E-state index in [0.717, 1.165) is 6.92 Å². The number of ether oxygens (including phenoxy) is 3. The zero-order valence-electron chi connectivity index (χ0n) is 25.7. The Labute approximate surface area is 268 Å². The molecule has 10 atom stereocenters. The van der Waals surface area contributed by atoms with E-state index in [1.54, 1.807) is 19.3 Å². The molecule has 3 amide bonds. The lowest BCUT2D eigenvalue weighted by Crippen LogP contribution is -2.68. The molecule has 2 aromatic rings. The van der Waals surface area contributed by atoms with Gasteiger partial charge in [0, 0.05) is 32.3 Å².